The summed E-state index contributed by atoms with van der Waals surface area (Å²) in [5, 5.41) is 6.01. The second-order valence-electron chi connectivity index (χ2n) is 8.03. The molecule has 1 aliphatic heterocycles. The van der Waals surface area contributed by atoms with E-state index in [9.17, 15) is 4.79 Å². The molecule has 2 N–H and O–H groups in total. The summed E-state index contributed by atoms with van der Waals surface area (Å²) in [6, 6.07) is 4.36. The second-order valence-corrected chi connectivity index (χ2v) is 8.03. The van der Waals surface area contributed by atoms with Gasteiger partial charge < -0.3 is 15.0 Å². The van der Waals surface area contributed by atoms with Crippen molar-refractivity contribution < 1.29 is 4.79 Å². The van der Waals surface area contributed by atoms with Gasteiger partial charge in [-0.3, -0.25) is 4.90 Å². The van der Waals surface area contributed by atoms with Crippen molar-refractivity contribution in [2.24, 2.45) is 5.92 Å². The number of imidazole rings is 1. The molecule has 0 bridgehead atoms. The van der Waals surface area contributed by atoms with E-state index in [0.29, 0.717) is 25.0 Å². The van der Waals surface area contributed by atoms with Crippen molar-refractivity contribution in [3.63, 3.8) is 0 Å². The summed E-state index contributed by atoms with van der Waals surface area (Å²) in [4.78, 5) is 19.4. The summed E-state index contributed by atoms with van der Waals surface area (Å²) in [5.74, 6) is 0.519. The quantitative estimate of drug-likeness (QED) is 0.819. The first kappa shape index (κ1) is 19.7. The van der Waals surface area contributed by atoms with E-state index in [2.05, 4.69) is 41.3 Å². The molecule has 148 valence electrons. The molecule has 3 heterocycles. The minimum Gasteiger partial charge on any atom is -0.337 e. The number of nitrogens with zero attached hydrogens (tertiary/aromatic N) is 3. The Morgan fingerprint density at radius 3 is 2.63 bits per heavy atom. The van der Waals surface area contributed by atoms with Gasteiger partial charge in [-0.05, 0) is 56.5 Å². The maximum atomic E-state index is 12.3. The highest BCUT2D eigenvalue weighted by Gasteiger charge is 2.23. The van der Waals surface area contributed by atoms with Crippen molar-refractivity contribution >= 4 is 11.7 Å². The Labute approximate surface area is 162 Å². The number of amides is 2. The lowest BCUT2D eigenvalue weighted by atomic mass is 10.0. The number of carbonyl (C=O) groups is 1. The first-order valence-electron chi connectivity index (χ1n) is 10.2. The van der Waals surface area contributed by atoms with E-state index in [1.165, 1.54) is 31.2 Å². The van der Waals surface area contributed by atoms with Gasteiger partial charge in [0, 0.05) is 25.0 Å². The first-order valence-corrected chi connectivity index (χ1v) is 10.2. The third-order valence-corrected chi connectivity index (χ3v) is 5.45. The van der Waals surface area contributed by atoms with Gasteiger partial charge in [-0.2, -0.15) is 0 Å². The lowest BCUT2D eigenvalue weighted by molar-refractivity contribution is 0.157. The lowest BCUT2D eigenvalue weighted by Gasteiger charge is -2.33. The Morgan fingerprint density at radius 1 is 1.19 bits per heavy atom. The molecule has 6 heteroatoms. The lowest BCUT2D eigenvalue weighted by Crippen LogP contribution is -2.49. The number of rotatable bonds is 6. The second kappa shape index (κ2) is 9.22. The summed E-state index contributed by atoms with van der Waals surface area (Å²) in [6.45, 7) is 9.95. The summed E-state index contributed by atoms with van der Waals surface area (Å²) < 4.78 is 1.98. The number of hydrogen-bond acceptors (Lipinski definition) is 3. The van der Waals surface area contributed by atoms with Crippen LogP contribution in [0.15, 0.2) is 24.5 Å². The standard InChI is InChI=1S/C21H33N5O/c1-16(2)19(25-9-6-4-5-7-10-25)14-23-21(27)22-13-18-15-26-11-8-17(3)12-20(26)24-18/h8,11-12,15-16,19H,4-7,9-10,13-14H2,1-3H3,(H2,22,23,27). The predicted octanol–water partition coefficient (Wildman–Crippen LogP) is 3.34. The van der Waals surface area contributed by atoms with E-state index < -0.39 is 0 Å². The van der Waals surface area contributed by atoms with Gasteiger partial charge in [0.25, 0.3) is 0 Å². The third-order valence-electron chi connectivity index (χ3n) is 5.45. The molecule has 6 nitrogen and oxygen atoms in total. The molecule has 1 aliphatic rings. The Bertz CT molecular complexity index is 746. The number of likely N-dealkylation sites (tertiary alicyclic amines) is 1. The molecule has 0 saturated carbocycles. The van der Waals surface area contributed by atoms with Crippen LogP contribution in [0.2, 0.25) is 0 Å². The average Bonchev–Trinajstić information content (AvgIpc) is 2.84. The van der Waals surface area contributed by atoms with Crippen LogP contribution in [-0.2, 0) is 6.54 Å². The van der Waals surface area contributed by atoms with E-state index in [0.717, 1.165) is 24.4 Å². The maximum Gasteiger partial charge on any atom is 0.315 e. The van der Waals surface area contributed by atoms with Gasteiger partial charge in [0.15, 0.2) is 0 Å². The van der Waals surface area contributed by atoms with Gasteiger partial charge in [-0.1, -0.05) is 26.7 Å². The highest BCUT2D eigenvalue weighted by Crippen LogP contribution is 2.17. The number of aryl methyl sites for hydroxylation is 1. The number of nitrogens with one attached hydrogen (secondary N) is 2. The topological polar surface area (TPSA) is 61.7 Å². The number of aromatic nitrogens is 2. The molecule has 1 unspecified atom stereocenters. The SMILES string of the molecule is Cc1ccn2cc(CNC(=O)NCC(C(C)C)N3CCCCCC3)nc2c1. The molecule has 1 atom stereocenters. The van der Waals surface area contributed by atoms with Crippen LogP contribution in [0.25, 0.3) is 5.65 Å². The van der Waals surface area contributed by atoms with Crippen molar-refractivity contribution in [2.75, 3.05) is 19.6 Å². The molecule has 0 spiro atoms. The Morgan fingerprint density at radius 2 is 1.93 bits per heavy atom. The van der Waals surface area contributed by atoms with Crippen LogP contribution in [0.5, 0.6) is 0 Å². The fourth-order valence-corrected chi connectivity index (χ4v) is 3.87. The third kappa shape index (κ3) is 5.45. The van der Waals surface area contributed by atoms with Crippen LogP contribution in [-0.4, -0.2) is 46.0 Å². The summed E-state index contributed by atoms with van der Waals surface area (Å²) in [6.07, 6.45) is 9.14. The average molecular weight is 372 g/mol. The molecule has 2 aromatic heterocycles. The number of hydrogen-bond donors (Lipinski definition) is 2. The van der Waals surface area contributed by atoms with Crippen molar-refractivity contribution in [2.45, 2.75) is 59.0 Å². The Balaban J connectivity index is 1.49. The van der Waals surface area contributed by atoms with E-state index in [1.807, 2.05) is 28.9 Å². The van der Waals surface area contributed by atoms with Crippen LogP contribution in [0, 0.1) is 12.8 Å². The number of fused-ring (bicyclic) bond motifs is 1. The molecule has 0 aromatic carbocycles. The Kier molecular flexibility index (Phi) is 6.72. The van der Waals surface area contributed by atoms with Crippen molar-refractivity contribution in [3.8, 4) is 0 Å². The monoisotopic (exact) mass is 371 g/mol. The van der Waals surface area contributed by atoms with Gasteiger partial charge in [-0.25, -0.2) is 9.78 Å². The first-order chi connectivity index (χ1) is 13.0. The summed E-state index contributed by atoms with van der Waals surface area (Å²) >= 11 is 0. The minimum atomic E-state index is -0.122. The predicted molar refractivity (Wildman–Crippen MR) is 109 cm³/mol. The van der Waals surface area contributed by atoms with Crippen LogP contribution >= 0.6 is 0 Å². The molecule has 1 saturated heterocycles. The zero-order chi connectivity index (χ0) is 19.2. The van der Waals surface area contributed by atoms with Crippen LogP contribution < -0.4 is 10.6 Å². The highest BCUT2D eigenvalue weighted by atomic mass is 16.2. The van der Waals surface area contributed by atoms with E-state index in [4.69, 9.17) is 0 Å². The normalized spacial score (nSPS) is 17.0. The molecule has 27 heavy (non-hydrogen) atoms. The van der Waals surface area contributed by atoms with Crippen molar-refractivity contribution in [1.82, 2.24) is 24.9 Å². The fourth-order valence-electron chi connectivity index (χ4n) is 3.87. The van der Waals surface area contributed by atoms with Gasteiger partial charge in [0.05, 0.1) is 12.2 Å². The van der Waals surface area contributed by atoms with Crippen LogP contribution in [0.4, 0.5) is 4.79 Å². The molecule has 1 fully saturated rings. The molecule has 2 aromatic rings. The van der Waals surface area contributed by atoms with Crippen molar-refractivity contribution in [1.29, 1.82) is 0 Å². The van der Waals surface area contributed by atoms with Gasteiger partial charge >= 0.3 is 6.03 Å². The summed E-state index contributed by atoms with van der Waals surface area (Å²) in [7, 11) is 0. The van der Waals surface area contributed by atoms with Crippen LogP contribution in [0.3, 0.4) is 0 Å². The fraction of sp³-hybridized carbons (Fsp3) is 0.619. The van der Waals surface area contributed by atoms with Gasteiger partial charge in [-0.15, -0.1) is 0 Å². The van der Waals surface area contributed by atoms with Gasteiger partial charge in [0.1, 0.15) is 5.65 Å². The molecular formula is C21H33N5O. The van der Waals surface area contributed by atoms with Gasteiger partial charge in [0.2, 0.25) is 0 Å². The smallest absolute Gasteiger partial charge is 0.315 e. The number of pyridine rings is 1. The maximum absolute atomic E-state index is 12.3. The highest BCUT2D eigenvalue weighted by molar-refractivity contribution is 5.73. The molecule has 3 rings (SSSR count). The van der Waals surface area contributed by atoms with E-state index in [-0.39, 0.29) is 6.03 Å². The number of urea groups is 1. The molecule has 0 aliphatic carbocycles. The van der Waals surface area contributed by atoms with E-state index >= 15 is 0 Å². The Hall–Kier alpha value is -2.08. The minimum absolute atomic E-state index is 0.122. The zero-order valence-electron chi connectivity index (χ0n) is 16.9. The largest absolute Gasteiger partial charge is 0.337 e. The number of carbonyl (C=O) groups excluding carboxylic acids is 1. The van der Waals surface area contributed by atoms with Crippen molar-refractivity contribution in [3.05, 3.63) is 35.8 Å². The zero-order valence-corrected chi connectivity index (χ0v) is 16.9. The summed E-state index contributed by atoms with van der Waals surface area (Å²) in [5.41, 5.74) is 2.95. The molecule has 2 amide bonds. The molecular weight excluding hydrogens is 338 g/mol. The van der Waals surface area contributed by atoms with Crippen LogP contribution in [0.1, 0.15) is 50.8 Å². The molecule has 0 radical (unpaired) electrons. The van der Waals surface area contributed by atoms with E-state index in [1.54, 1.807) is 0 Å².